The minimum atomic E-state index is -0.598. The van der Waals surface area contributed by atoms with Crippen molar-refractivity contribution in [3.63, 3.8) is 0 Å². The minimum Gasteiger partial charge on any atom is -0.506 e. The summed E-state index contributed by atoms with van der Waals surface area (Å²) in [5.41, 5.74) is -0.176. The summed E-state index contributed by atoms with van der Waals surface area (Å²) < 4.78 is 5.15. The lowest BCUT2D eigenvalue weighted by Crippen LogP contribution is -2.14. The van der Waals surface area contributed by atoms with Crippen LogP contribution in [0, 0.1) is 10.1 Å². The zero-order chi connectivity index (χ0) is 14.3. The molecule has 0 fully saturated rings. The highest BCUT2D eigenvalue weighted by atomic mass is 16.6. The van der Waals surface area contributed by atoms with Crippen molar-refractivity contribution in [1.29, 1.82) is 0 Å². The average Bonchev–Trinajstić information content (AvgIpc) is 2.37. The third-order valence-corrected chi connectivity index (χ3v) is 2.29. The number of amides is 1. The second kappa shape index (κ2) is 7.32. The van der Waals surface area contributed by atoms with E-state index in [0.29, 0.717) is 6.61 Å². The molecule has 0 saturated carbocycles. The van der Waals surface area contributed by atoms with E-state index in [0.717, 1.165) is 18.6 Å². The lowest BCUT2D eigenvalue weighted by Gasteiger charge is -2.07. The molecule has 1 rings (SSSR count). The van der Waals surface area contributed by atoms with Gasteiger partial charge in [-0.25, -0.2) is 0 Å². The molecule has 1 aromatic rings. The van der Waals surface area contributed by atoms with Gasteiger partial charge >= 0.3 is 0 Å². The summed E-state index contributed by atoms with van der Waals surface area (Å²) in [4.78, 5) is 21.5. The number of nitro benzene ring substituents is 1. The quantitative estimate of drug-likeness (QED) is 0.341. The van der Waals surface area contributed by atoms with Crippen molar-refractivity contribution >= 4 is 17.3 Å². The normalized spacial score (nSPS) is 10.2. The molecule has 7 heteroatoms. The van der Waals surface area contributed by atoms with E-state index < -0.39 is 4.92 Å². The predicted octanol–water partition coefficient (Wildman–Crippen LogP) is 2.06. The molecule has 0 unspecified atom stereocenters. The van der Waals surface area contributed by atoms with Gasteiger partial charge in [-0.15, -0.1) is 0 Å². The summed E-state index contributed by atoms with van der Waals surface area (Å²) in [7, 11) is 0. The van der Waals surface area contributed by atoms with Gasteiger partial charge in [0.2, 0.25) is 5.91 Å². The second-order valence-electron chi connectivity index (χ2n) is 3.87. The molecule has 1 amide bonds. The summed E-state index contributed by atoms with van der Waals surface area (Å²) in [5.74, 6) is -0.583. The van der Waals surface area contributed by atoms with Gasteiger partial charge in [0.15, 0.2) is 0 Å². The highest BCUT2D eigenvalue weighted by molar-refractivity contribution is 5.92. The molecule has 0 aliphatic rings. The van der Waals surface area contributed by atoms with Gasteiger partial charge in [0, 0.05) is 18.7 Å². The molecule has 0 spiro atoms. The van der Waals surface area contributed by atoms with Crippen LogP contribution < -0.4 is 5.32 Å². The van der Waals surface area contributed by atoms with Gasteiger partial charge < -0.3 is 15.2 Å². The van der Waals surface area contributed by atoms with Crippen LogP contribution in [0.15, 0.2) is 18.2 Å². The highest BCUT2D eigenvalue weighted by Gasteiger charge is 2.12. The number of nitrogens with zero attached hydrogens (tertiary/aromatic N) is 1. The molecule has 0 aromatic heterocycles. The number of anilines is 1. The van der Waals surface area contributed by atoms with E-state index in [-0.39, 0.29) is 36.1 Å². The van der Waals surface area contributed by atoms with Crippen molar-refractivity contribution in [2.24, 2.45) is 0 Å². The Balaban J connectivity index is 2.58. The summed E-state index contributed by atoms with van der Waals surface area (Å²) in [6.45, 7) is 2.81. The molecule has 0 heterocycles. The van der Waals surface area contributed by atoms with Gasteiger partial charge in [0.1, 0.15) is 5.75 Å². The Labute approximate surface area is 110 Å². The van der Waals surface area contributed by atoms with Gasteiger partial charge in [0.25, 0.3) is 5.69 Å². The predicted molar refractivity (Wildman–Crippen MR) is 69.1 cm³/mol. The Kier molecular flexibility index (Phi) is 5.74. The maximum Gasteiger partial charge on any atom is 0.271 e. The SMILES string of the molecule is CCCOCCC(=O)Nc1cc([N+](=O)[O-])ccc1O. The third-order valence-electron chi connectivity index (χ3n) is 2.29. The summed E-state index contributed by atoms with van der Waals surface area (Å²) >= 11 is 0. The Morgan fingerprint density at radius 3 is 2.84 bits per heavy atom. The number of phenols is 1. The molecule has 0 atom stereocenters. The van der Waals surface area contributed by atoms with Crippen LogP contribution in [-0.4, -0.2) is 29.2 Å². The Morgan fingerprint density at radius 1 is 1.47 bits per heavy atom. The number of non-ortho nitro benzene ring substituents is 1. The van der Waals surface area contributed by atoms with Crippen LogP contribution in [0.2, 0.25) is 0 Å². The van der Waals surface area contributed by atoms with Crippen LogP contribution >= 0.6 is 0 Å². The number of rotatable bonds is 7. The summed E-state index contributed by atoms with van der Waals surface area (Å²) in [6, 6.07) is 3.44. The molecule has 7 nitrogen and oxygen atoms in total. The van der Waals surface area contributed by atoms with Crippen LogP contribution in [0.4, 0.5) is 11.4 Å². The first-order valence-corrected chi connectivity index (χ1v) is 5.89. The molecule has 0 aliphatic heterocycles. The fourth-order valence-corrected chi connectivity index (χ4v) is 1.36. The van der Waals surface area contributed by atoms with Gasteiger partial charge in [-0.05, 0) is 12.5 Å². The van der Waals surface area contributed by atoms with Crippen LogP contribution in [0.3, 0.4) is 0 Å². The minimum absolute atomic E-state index is 0.0229. The first-order chi connectivity index (χ1) is 9.04. The number of benzene rings is 1. The molecule has 2 N–H and O–H groups in total. The molecule has 104 valence electrons. The zero-order valence-corrected chi connectivity index (χ0v) is 10.6. The number of hydrogen-bond acceptors (Lipinski definition) is 5. The van der Waals surface area contributed by atoms with Gasteiger partial charge in [-0.2, -0.15) is 0 Å². The number of carbonyl (C=O) groups excluding carboxylic acids is 1. The largest absolute Gasteiger partial charge is 0.506 e. The number of hydrogen-bond donors (Lipinski definition) is 2. The van der Waals surface area contributed by atoms with E-state index in [1.54, 1.807) is 0 Å². The Hall–Kier alpha value is -2.15. The fraction of sp³-hybridized carbons (Fsp3) is 0.417. The molecule has 0 radical (unpaired) electrons. The maximum absolute atomic E-state index is 11.5. The smallest absolute Gasteiger partial charge is 0.271 e. The number of aromatic hydroxyl groups is 1. The first-order valence-electron chi connectivity index (χ1n) is 5.89. The van der Waals surface area contributed by atoms with Crippen molar-refractivity contribution in [3.8, 4) is 5.75 Å². The van der Waals surface area contributed by atoms with Crippen LogP contribution in [-0.2, 0) is 9.53 Å². The number of carbonyl (C=O) groups is 1. The van der Waals surface area contributed by atoms with E-state index in [9.17, 15) is 20.0 Å². The number of nitro groups is 1. The molecular weight excluding hydrogens is 252 g/mol. The van der Waals surface area contributed by atoms with E-state index in [1.807, 2.05) is 6.92 Å². The van der Waals surface area contributed by atoms with Crippen molar-refractivity contribution in [3.05, 3.63) is 28.3 Å². The standard InChI is InChI=1S/C12H16N2O5/c1-2-6-19-7-5-12(16)13-10-8-9(14(17)18)3-4-11(10)15/h3-4,8,15H,2,5-7H2,1H3,(H,13,16). The third kappa shape index (κ3) is 4.92. The lowest BCUT2D eigenvalue weighted by atomic mass is 10.2. The van der Waals surface area contributed by atoms with Crippen LogP contribution in [0.5, 0.6) is 5.75 Å². The van der Waals surface area contributed by atoms with Crippen molar-refractivity contribution in [1.82, 2.24) is 0 Å². The topological polar surface area (TPSA) is 102 Å². The molecule has 0 saturated heterocycles. The highest BCUT2D eigenvalue weighted by Crippen LogP contribution is 2.27. The van der Waals surface area contributed by atoms with Crippen molar-refractivity contribution in [2.45, 2.75) is 19.8 Å². The molecular formula is C12H16N2O5. The molecule has 0 bridgehead atoms. The Bertz CT molecular complexity index is 461. The fourth-order valence-electron chi connectivity index (χ4n) is 1.36. The average molecular weight is 268 g/mol. The zero-order valence-electron chi connectivity index (χ0n) is 10.6. The van der Waals surface area contributed by atoms with Gasteiger partial charge in [-0.1, -0.05) is 6.92 Å². The lowest BCUT2D eigenvalue weighted by molar-refractivity contribution is -0.384. The summed E-state index contributed by atoms with van der Waals surface area (Å²) in [6.07, 6.45) is 0.995. The van der Waals surface area contributed by atoms with Crippen molar-refractivity contribution in [2.75, 3.05) is 18.5 Å². The number of ether oxygens (including phenoxy) is 1. The molecule has 1 aromatic carbocycles. The second-order valence-corrected chi connectivity index (χ2v) is 3.87. The molecule has 0 aliphatic carbocycles. The van der Waals surface area contributed by atoms with E-state index >= 15 is 0 Å². The first kappa shape index (κ1) is 14.9. The maximum atomic E-state index is 11.5. The van der Waals surface area contributed by atoms with Crippen LogP contribution in [0.1, 0.15) is 19.8 Å². The van der Waals surface area contributed by atoms with Gasteiger partial charge in [0.05, 0.1) is 23.6 Å². The number of nitrogens with one attached hydrogen (secondary N) is 1. The van der Waals surface area contributed by atoms with Crippen molar-refractivity contribution < 1.29 is 19.6 Å². The van der Waals surface area contributed by atoms with E-state index in [4.69, 9.17) is 4.74 Å². The monoisotopic (exact) mass is 268 g/mol. The van der Waals surface area contributed by atoms with E-state index in [2.05, 4.69) is 5.32 Å². The summed E-state index contributed by atoms with van der Waals surface area (Å²) in [5, 5.41) is 22.5. The van der Waals surface area contributed by atoms with Crippen LogP contribution in [0.25, 0.3) is 0 Å². The Morgan fingerprint density at radius 2 is 2.21 bits per heavy atom. The van der Waals surface area contributed by atoms with Gasteiger partial charge in [-0.3, -0.25) is 14.9 Å². The molecule has 19 heavy (non-hydrogen) atoms. The number of phenolic OH excluding ortho intramolecular Hbond substituents is 1. The van der Waals surface area contributed by atoms with E-state index in [1.165, 1.54) is 6.07 Å².